The van der Waals surface area contributed by atoms with Gasteiger partial charge in [0.25, 0.3) is 9.05 Å². The Kier molecular flexibility index (Phi) is 6.74. The fourth-order valence-electron chi connectivity index (χ4n) is 1.35. The van der Waals surface area contributed by atoms with Crippen LogP contribution in [0.15, 0.2) is 17.0 Å². The number of hydrogen-bond acceptors (Lipinski definition) is 5. The number of ether oxygens (including phenoxy) is 2. The average Bonchev–Trinajstić information content (AvgIpc) is 2.35. The second kappa shape index (κ2) is 7.65. The molecule has 0 saturated carbocycles. The molecule has 0 heterocycles. The fourth-order valence-corrected chi connectivity index (χ4v) is 2.60. The first-order valence-electron chi connectivity index (χ1n) is 5.85. The Morgan fingerprint density at radius 2 is 1.86 bits per heavy atom. The molecule has 0 bridgehead atoms. The van der Waals surface area contributed by atoms with Crippen molar-refractivity contribution < 1.29 is 22.7 Å². The van der Waals surface area contributed by atoms with Crippen molar-refractivity contribution in [1.82, 2.24) is 0 Å². The molecule has 0 fully saturated rings. The zero-order chi connectivity index (χ0) is 16.2. The molecule has 0 aliphatic carbocycles. The Morgan fingerprint density at radius 3 is 2.38 bits per heavy atom. The van der Waals surface area contributed by atoms with E-state index in [0.717, 1.165) is 12.1 Å². The Balaban J connectivity index is 2.91. The van der Waals surface area contributed by atoms with Gasteiger partial charge in [-0.25, -0.2) is 13.2 Å². The topological polar surface area (TPSA) is 69.7 Å². The molecule has 9 heteroatoms. The molecule has 0 aliphatic rings. The fraction of sp³-hybridized carbons (Fsp3) is 0.417. The van der Waals surface area contributed by atoms with Gasteiger partial charge in [-0.3, -0.25) is 0 Å². The molecular formula is C12H13Cl3O5S. The molecule has 1 rings (SSSR count). The predicted molar refractivity (Wildman–Crippen MR) is 80.9 cm³/mol. The summed E-state index contributed by atoms with van der Waals surface area (Å²) in [7, 11) is 1.18. The molecule has 118 valence electrons. The summed E-state index contributed by atoms with van der Waals surface area (Å²) in [5.74, 6) is -0.809. The van der Waals surface area contributed by atoms with Crippen molar-refractivity contribution in [2.75, 3.05) is 13.2 Å². The van der Waals surface area contributed by atoms with Gasteiger partial charge < -0.3 is 9.47 Å². The summed E-state index contributed by atoms with van der Waals surface area (Å²) in [5.41, 5.74) is -0.173. The SMILES string of the molecule is CC(C)OCCOC(=O)c1cc(S(=O)(=O)Cl)cc(Cl)c1Cl. The molecule has 0 aromatic heterocycles. The Hall–Kier alpha value is -0.530. The van der Waals surface area contributed by atoms with Crippen LogP contribution in [0.25, 0.3) is 0 Å². The number of halogens is 3. The highest BCUT2D eigenvalue weighted by molar-refractivity contribution is 8.13. The summed E-state index contributed by atoms with van der Waals surface area (Å²) >= 11 is 11.7. The lowest BCUT2D eigenvalue weighted by Gasteiger charge is -2.10. The monoisotopic (exact) mass is 374 g/mol. The summed E-state index contributed by atoms with van der Waals surface area (Å²) in [6, 6.07) is 2.08. The van der Waals surface area contributed by atoms with Crippen LogP contribution in [0.1, 0.15) is 24.2 Å². The van der Waals surface area contributed by atoms with E-state index in [9.17, 15) is 13.2 Å². The first kappa shape index (κ1) is 18.5. The van der Waals surface area contributed by atoms with E-state index in [1.165, 1.54) is 0 Å². The second-order valence-corrected chi connectivity index (χ2v) is 7.61. The van der Waals surface area contributed by atoms with Gasteiger partial charge in [-0.05, 0) is 26.0 Å². The third-order valence-electron chi connectivity index (χ3n) is 2.27. The Morgan fingerprint density at radius 1 is 1.24 bits per heavy atom. The van der Waals surface area contributed by atoms with Gasteiger partial charge in [0.15, 0.2) is 0 Å². The van der Waals surface area contributed by atoms with E-state index in [2.05, 4.69) is 0 Å². The highest BCUT2D eigenvalue weighted by Gasteiger charge is 2.20. The number of carbonyl (C=O) groups excluding carboxylic acids is 1. The third-order valence-corrected chi connectivity index (χ3v) is 4.41. The predicted octanol–water partition coefficient (Wildman–Crippen LogP) is 3.50. The van der Waals surface area contributed by atoms with Gasteiger partial charge in [-0.1, -0.05) is 23.2 Å². The molecule has 0 N–H and O–H groups in total. The first-order chi connectivity index (χ1) is 9.62. The van der Waals surface area contributed by atoms with Gasteiger partial charge in [-0.2, -0.15) is 0 Å². The highest BCUT2D eigenvalue weighted by atomic mass is 35.7. The molecule has 0 unspecified atom stereocenters. The lowest BCUT2D eigenvalue weighted by atomic mass is 10.2. The molecule has 5 nitrogen and oxygen atoms in total. The van der Waals surface area contributed by atoms with E-state index in [4.69, 9.17) is 43.4 Å². The van der Waals surface area contributed by atoms with Crippen LogP contribution in [0.5, 0.6) is 0 Å². The van der Waals surface area contributed by atoms with Crippen LogP contribution in [0.4, 0.5) is 0 Å². The second-order valence-electron chi connectivity index (χ2n) is 4.26. The zero-order valence-corrected chi connectivity index (χ0v) is 14.3. The van der Waals surface area contributed by atoms with Crippen molar-refractivity contribution in [2.45, 2.75) is 24.8 Å². The van der Waals surface area contributed by atoms with Gasteiger partial charge in [0, 0.05) is 10.7 Å². The molecule has 0 atom stereocenters. The molecule has 0 amide bonds. The quantitative estimate of drug-likeness (QED) is 0.432. The number of benzene rings is 1. The smallest absolute Gasteiger partial charge is 0.339 e. The van der Waals surface area contributed by atoms with Gasteiger partial charge >= 0.3 is 5.97 Å². The minimum Gasteiger partial charge on any atom is -0.460 e. The largest absolute Gasteiger partial charge is 0.460 e. The van der Waals surface area contributed by atoms with E-state index in [1.807, 2.05) is 13.8 Å². The van der Waals surface area contributed by atoms with Crippen molar-refractivity contribution in [3.63, 3.8) is 0 Å². The standard InChI is InChI=1S/C12H13Cl3O5S/c1-7(2)19-3-4-20-12(16)9-5-8(21(15,17)18)6-10(13)11(9)14/h5-7H,3-4H2,1-2H3. The molecule has 1 aromatic rings. The Bertz CT molecular complexity index is 628. The van der Waals surface area contributed by atoms with Crippen LogP contribution in [0.2, 0.25) is 10.0 Å². The van der Waals surface area contributed by atoms with Crippen LogP contribution >= 0.6 is 33.9 Å². The van der Waals surface area contributed by atoms with Crippen LogP contribution in [0.3, 0.4) is 0 Å². The third kappa shape index (κ3) is 5.64. The molecule has 0 radical (unpaired) electrons. The van der Waals surface area contributed by atoms with E-state index < -0.39 is 15.0 Å². The van der Waals surface area contributed by atoms with Gasteiger partial charge in [0.1, 0.15) is 6.61 Å². The van der Waals surface area contributed by atoms with Crippen molar-refractivity contribution in [1.29, 1.82) is 0 Å². The maximum absolute atomic E-state index is 11.9. The van der Waals surface area contributed by atoms with Gasteiger partial charge in [0.05, 0.1) is 33.2 Å². The molecule has 0 spiro atoms. The lowest BCUT2D eigenvalue weighted by Crippen LogP contribution is -2.14. The van der Waals surface area contributed by atoms with Crippen molar-refractivity contribution in [2.24, 2.45) is 0 Å². The molecule has 1 aromatic carbocycles. The molecular weight excluding hydrogens is 363 g/mol. The minimum atomic E-state index is -4.04. The Labute approximate surface area is 137 Å². The van der Waals surface area contributed by atoms with E-state index >= 15 is 0 Å². The minimum absolute atomic E-state index is 0.00279. The molecule has 0 aliphatic heterocycles. The van der Waals surface area contributed by atoms with Crippen molar-refractivity contribution in [3.05, 3.63) is 27.7 Å². The summed E-state index contributed by atoms with van der Waals surface area (Å²) < 4.78 is 32.7. The first-order valence-corrected chi connectivity index (χ1v) is 8.92. The van der Waals surface area contributed by atoms with Crippen molar-refractivity contribution in [3.8, 4) is 0 Å². The van der Waals surface area contributed by atoms with Gasteiger partial charge in [0.2, 0.25) is 0 Å². The normalized spacial score (nSPS) is 11.7. The van der Waals surface area contributed by atoms with Crippen LogP contribution in [-0.4, -0.2) is 33.7 Å². The lowest BCUT2D eigenvalue weighted by molar-refractivity contribution is 0.0177. The van der Waals surface area contributed by atoms with Crippen LogP contribution < -0.4 is 0 Å². The highest BCUT2D eigenvalue weighted by Crippen LogP contribution is 2.31. The average molecular weight is 376 g/mol. The summed E-state index contributed by atoms with van der Waals surface area (Å²) in [5, 5.41) is -0.209. The summed E-state index contributed by atoms with van der Waals surface area (Å²) in [6.45, 7) is 3.89. The zero-order valence-electron chi connectivity index (χ0n) is 11.2. The summed E-state index contributed by atoms with van der Waals surface area (Å²) in [4.78, 5) is 11.6. The van der Waals surface area contributed by atoms with Crippen LogP contribution in [0, 0.1) is 0 Å². The number of rotatable bonds is 6. The van der Waals surface area contributed by atoms with E-state index in [0.29, 0.717) is 0 Å². The number of hydrogen-bond donors (Lipinski definition) is 0. The summed E-state index contributed by atoms with van der Waals surface area (Å²) in [6.07, 6.45) is 0.00598. The molecule has 0 saturated heterocycles. The van der Waals surface area contributed by atoms with E-state index in [-0.39, 0.29) is 39.8 Å². The maximum atomic E-state index is 11.9. The number of esters is 1. The number of carbonyl (C=O) groups is 1. The van der Waals surface area contributed by atoms with E-state index in [1.54, 1.807) is 0 Å². The maximum Gasteiger partial charge on any atom is 0.339 e. The van der Waals surface area contributed by atoms with Crippen LogP contribution in [-0.2, 0) is 18.5 Å². The van der Waals surface area contributed by atoms with Crippen molar-refractivity contribution >= 4 is 48.9 Å². The van der Waals surface area contributed by atoms with Gasteiger partial charge in [-0.15, -0.1) is 0 Å². The molecule has 21 heavy (non-hydrogen) atoms.